The number of para-hydroxylation sites is 1. The summed E-state index contributed by atoms with van der Waals surface area (Å²) in [4.78, 5) is 4.64. The third-order valence-electron chi connectivity index (χ3n) is 7.22. The molecule has 2 fully saturated rings. The summed E-state index contributed by atoms with van der Waals surface area (Å²) in [5.74, 6) is -0.358. The van der Waals surface area contributed by atoms with Crippen LogP contribution < -0.4 is 4.90 Å². The van der Waals surface area contributed by atoms with Crippen molar-refractivity contribution in [2.45, 2.75) is 41.9 Å². The molecule has 0 saturated carbocycles. The zero-order valence-electron chi connectivity index (χ0n) is 18.2. The van der Waals surface area contributed by atoms with Crippen LogP contribution in [0.4, 0.5) is 5.69 Å². The molecule has 0 bridgehead atoms. The van der Waals surface area contributed by atoms with Gasteiger partial charge in [0.1, 0.15) is 0 Å². The van der Waals surface area contributed by atoms with Gasteiger partial charge < -0.3 is 4.90 Å². The molecule has 0 spiro atoms. The second kappa shape index (κ2) is 8.47. The van der Waals surface area contributed by atoms with E-state index in [1.165, 1.54) is 5.56 Å². The lowest BCUT2D eigenvalue weighted by molar-refractivity contribution is 0.201. The van der Waals surface area contributed by atoms with Gasteiger partial charge in [-0.3, -0.25) is 4.90 Å². The summed E-state index contributed by atoms with van der Waals surface area (Å²) < 4.78 is 52.5. The molecule has 2 saturated heterocycles. The van der Waals surface area contributed by atoms with Crippen molar-refractivity contribution >= 4 is 25.4 Å². The molecule has 5 rings (SSSR count). The predicted molar refractivity (Wildman–Crippen MR) is 127 cm³/mol. The number of piperazine rings is 1. The van der Waals surface area contributed by atoms with Crippen LogP contribution in [0.5, 0.6) is 0 Å². The monoisotopic (exact) mass is 474 g/mol. The van der Waals surface area contributed by atoms with E-state index in [9.17, 15) is 16.8 Å². The summed E-state index contributed by atoms with van der Waals surface area (Å²) in [6.45, 7) is 2.83. The SMILES string of the molecule is O=S1(=O)C[C@H](N2CCN(c3ccccc3)CC2)[C@@H](S(=O)(=O)c2ccc3c(c2)CCCC3)C1. The number of sulfone groups is 2. The molecule has 32 heavy (non-hydrogen) atoms. The van der Waals surface area contributed by atoms with E-state index in [1.807, 2.05) is 24.3 Å². The molecular formula is C24H30N2O4S2. The number of nitrogens with zero attached hydrogens (tertiary/aromatic N) is 2. The normalized spacial score (nSPS) is 26.1. The topological polar surface area (TPSA) is 74.8 Å². The van der Waals surface area contributed by atoms with Gasteiger partial charge in [-0.15, -0.1) is 0 Å². The molecule has 2 aromatic rings. The van der Waals surface area contributed by atoms with Crippen molar-refractivity contribution in [2.75, 3.05) is 42.6 Å². The van der Waals surface area contributed by atoms with E-state index in [4.69, 9.17) is 0 Å². The highest BCUT2D eigenvalue weighted by molar-refractivity contribution is 7.96. The maximum Gasteiger partial charge on any atom is 0.183 e. The van der Waals surface area contributed by atoms with E-state index in [2.05, 4.69) is 21.9 Å². The van der Waals surface area contributed by atoms with E-state index >= 15 is 0 Å². The molecule has 0 amide bonds. The average molecular weight is 475 g/mol. The fraction of sp³-hybridized carbons (Fsp3) is 0.500. The van der Waals surface area contributed by atoms with Gasteiger partial charge in [0, 0.05) is 37.9 Å². The van der Waals surface area contributed by atoms with Crippen molar-refractivity contribution in [1.29, 1.82) is 0 Å². The summed E-state index contributed by atoms with van der Waals surface area (Å²) in [6, 6.07) is 15.1. The van der Waals surface area contributed by atoms with Crippen molar-refractivity contribution in [3.8, 4) is 0 Å². The van der Waals surface area contributed by atoms with Crippen LogP contribution >= 0.6 is 0 Å². The second-order valence-corrected chi connectivity index (χ2v) is 13.5. The highest BCUT2D eigenvalue weighted by Crippen LogP contribution is 2.32. The minimum absolute atomic E-state index is 0.0762. The lowest BCUT2D eigenvalue weighted by Crippen LogP contribution is -2.55. The maximum atomic E-state index is 13.6. The van der Waals surface area contributed by atoms with Crippen LogP contribution in [-0.2, 0) is 32.5 Å². The van der Waals surface area contributed by atoms with Crippen molar-refractivity contribution < 1.29 is 16.8 Å². The Labute approximate surface area is 191 Å². The number of anilines is 1. The summed E-state index contributed by atoms with van der Waals surface area (Å²) in [5.41, 5.74) is 3.47. The number of aryl methyl sites for hydroxylation is 2. The first-order valence-electron chi connectivity index (χ1n) is 11.4. The third-order valence-corrected chi connectivity index (χ3v) is 11.3. The van der Waals surface area contributed by atoms with Crippen LogP contribution in [0, 0.1) is 0 Å². The van der Waals surface area contributed by atoms with Crippen LogP contribution in [0.25, 0.3) is 0 Å². The molecular weight excluding hydrogens is 444 g/mol. The smallest absolute Gasteiger partial charge is 0.183 e. The van der Waals surface area contributed by atoms with E-state index in [-0.39, 0.29) is 16.4 Å². The van der Waals surface area contributed by atoms with Crippen LogP contribution in [0.15, 0.2) is 53.4 Å². The van der Waals surface area contributed by atoms with Crippen LogP contribution in [0.1, 0.15) is 24.0 Å². The van der Waals surface area contributed by atoms with Gasteiger partial charge in [-0.2, -0.15) is 0 Å². The van der Waals surface area contributed by atoms with Gasteiger partial charge in [0.25, 0.3) is 0 Å². The lowest BCUT2D eigenvalue weighted by Gasteiger charge is -2.40. The van der Waals surface area contributed by atoms with E-state index in [0.717, 1.165) is 50.0 Å². The summed E-state index contributed by atoms with van der Waals surface area (Å²) in [5, 5.41) is -0.905. The van der Waals surface area contributed by atoms with Crippen molar-refractivity contribution in [3.63, 3.8) is 0 Å². The Hall–Kier alpha value is -1.90. The third kappa shape index (κ3) is 4.20. The molecule has 2 atom stereocenters. The molecule has 172 valence electrons. The van der Waals surface area contributed by atoms with E-state index in [1.54, 1.807) is 12.1 Å². The Morgan fingerprint density at radius 1 is 0.812 bits per heavy atom. The molecule has 8 heteroatoms. The highest BCUT2D eigenvalue weighted by atomic mass is 32.2. The Kier molecular flexibility index (Phi) is 5.80. The summed E-state index contributed by atoms with van der Waals surface area (Å²) in [7, 11) is -7.14. The second-order valence-electron chi connectivity index (χ2n) is 9.22. The van der Waals surface area contributed by atoms with Crippen molar-refractivity contribution in [2.24, 2.45) is 0 Å². The molecule has 6 nitrogen and oxygen atoms in total. The lowest BCUT2D eigenvalue weighted by atomic mass is 9.92. The Morgan fingerprint density at radius 3 is 2.22 bits per heavy atom. The number of hydrogen-bond acceptors (Lipinski definition) is 6. The number of benzene rings is 2. The first kappa shape index (κ1) is 21.9. The van der Waals surface area contributed by atoms with E-state index in [0.29, 0.717) is 13.1 Å². The van der Waals surface area contributed by atoms with Crippen LogP contribution in [0.3, 0.4) is 0 Å². The Morgan fingerprint density at radius 2 is 1.50 bits per heavy atom. The molecule has 2 aromatic carbocycles. The maximum absolute atomic E-state index is 13.6. The fourth-order valence-electron chi connectivity index (χ4n) is 5.45. The highest BCUT2D eigenvalue weighted by Gasteiger charge is 2.48. The van der Waals surface area contributed by atoms with Crippen LogP contribution in [-0.4, -0.2) is 70.7 Å². The molecule has 0 aromatic heterocycles. The fourth-order valence-corrected chi connectivity index (χ4v) is 10.3. The molecule has 2 heterocycles. The Balaban J connectivity index is 1.38. The molecule has 0 N–H and O–H groups in total. The zero-order valence-corrected chi connectivity index (χ0v) is 19.8. The summed E-state index contributed by atoms with van der Waals surface area (Å²) in [6.07, 6.45) is 4.09. The quantitative estimate of drug-likeness (QED) is 0.677. The number of fused-ring (bicyclic) bond motifs is 1. The first-order chi connectivity index (χ1) is 15.3. The largest absolute Gasteiger partial charge is 0.369 e. The van der Waals surface area contributed by atoms with Gasteiger partial charge in [-0.1, -0.05) is 24.3 Å². The molecule has 0 unspecified atom stereocenters. The van der Waals surface area contributed by atoms with Crippen molar-refractivity contribution in [3.05, 3.63) is 59.7 Å². The van der Waals surface area contributed by atoms with Crippen molar-refractivity contribution in [1.82, 2.24) is 4.90 Å². The van der Waals surface area contributed by atoms with Gasteiger partial charge in [-0.25, -0.2) is 16.8 Å². The average Bonchev–Trinajstić information content (AvgIpc) is 3.15. The molecule has 2 aliphatic heterocycles. The predicted octanol–water partition coefficient (Wildman–Crippen LogP) is 2.33. The minimum atomic E-state index is -3.74. The van der Waals surface area contributed by atoms with Crippen LogP contribution in [0.2, 0.25) is 0 Å². The van der Waals surface area contributed by atoms with Gasteiger partial charge >= 0.3 is 0 Å². The first-order valence-corrected chi connectivity index (χ1v) is 14.8. The minimum Gasteiger partial charge on any atom is -0.369 e. The molecule has 3 aliphatic rings. The number of hydrogen-bond donors (Lipinski definition) is 0. The zero-order chi connectivity index (χ0) is 22.3. The molecule has 0 radical (unpaired) electrons. The molecule has 1 aliphatic carbocycles. The van der Waals surface area contributed by atoms with Gasteiger partial charge in [0.2, 0.25) is 0 Å². The Bertz CT molecular complexity index is 1190. The summed E-state index contributed by atoms with van der Waals surface area (Å²) >= 11 is 0. The number of rotatable bonds is 4. The van der Waals surface area contributed by atoms with Gasteiger partial charge in [-0.05, 0) is 61.1 Å². The van der Waals surface area contributed by atoms with Gasteiger partial charge in [0.15, 0.2) is 19.7 Å². The van der Waals surface area contributed by atoms with E-state index < -0.39 is 31.0 Å². The standard InChI is InChI=1S/C24H30N2O4S2/c27-31(28)17-23(26-14-12-25(13-15-26)21-8-2-1-3-9-21)24(18-31)32(29,30)22-11-10-19-6-4-5-7-20(19)16-22/h1-3,8-11,16,23-24H,4-7,12-15,17-18H2/t23-,24-/m0/s1. The van der Waals surface area contributed by atoms with Gasteiger partial charge in [0.05, 0.1) is 21.7 Å².